The van der Waals surface area contributed by atoms with E-state index in [1.807, 2.05) is 54.6 Å². The Labute approximate surface area is 151 Å². The molecule has 1 aromatic heterocycles. The fourth-order valence-corrected chi connectivity index (χ4v) is 3.68. The Bertz CT molecular complexity index is 835. The monoisotopic (exact) mass is 355 g/mol. The van der Waals surface area contributed by atoms with Crippen LogP contribution in [-0.4, -0.2) is 30.3 Å². The largest absolute Gasteiger partial charge is 0.497 e. The molecule has 3 rings (SSSR count). The first kappa shape index (κ1) is 17.5. The number of thiophene rings is 1. The number of amides is 1. The molecule has 0 aliphatic carbocycles. The molecule has 3 aromatic rings. The Balaban J connectivity index is 1.61. The van der Waals surface area contributed by atoms with E-state index in [0.29, 0.717) is 11.3 Å². The fourth-order valence-electron chi connectivity index (χ4n) is 2.70. The molecule has 1 amide bonds. The van der Waals surface area contributed by atoms with Crippen LogP contribution < -0.4 is 10.1 Å². The van der Waals surface area contributed by atoms with Crippen molar-refractivity contribution in [1.82, 2.24) is 5.32 Å². The molecule has 0 aliphatic rings. The van der Waals surface area contributed by atoms with Gasteiger partial charge in [0.2, 0.25) is 0 Å². The lowest BCUT2D eigenvalue weighted by Crippen LogP contribution is -2.42. The highest BCUT2D eigenvalue weighted by Crippen LogP contribution is 2.25. The third-order valence-electron chi connectivity index (χ3n) is 4.02. The summed E-state index contributed by atoms with van der Waals surface area (Å²) in [4.78, 5) is 13.0. The van der Waals surface area contributed by atoms with E-state index in [-0.39, 0.29) is 12.5 Å². The van der Waals surface area contributed by atoms with E-state index in [1.54, 1.807) is 14.0 Å². The minimum absolute atomic E-state index is 0.156. The second-order valence-corrected chi connectivity index (χ2v) is 7.44. The SMILES string of the molecule is COc1ccc(C[C@](C)(O)CNC(=O)c2cc3ccccc3s2)cc1. The fraction of sp³-hybridized carbons (Fsp3) is 0.250. The average molecular weight is 355 g/mol. The Morgan fingerprint density at radius 3 is 2.60 bits per heavy atom. The van der Waals surface area contributed by atoms with Gasteiger partial charge in [-0.05, 0) is 42.1 Å². The van der Waals surface area contributed by atoms with Crippen LogP contribution in [0.5, 0.6) is 5.75 Å². The minimum Gasteiger partial charge on any atom is -0.497 e. The van der Waals surface area contributed by atoms with Crippen LogP contribution in [0.4, 0.5) is 0 Å². The van der Waals surface area contributed by atoms with Crippen LogP contribution in [0.3, 0.4) is 0 Å². The Kier molecular flexibility index (Phi) is 5.06. The van der Waals surface area contributed by atoms with Crippen LogP contribution in [0.25, 0.3) is 10.1 Å². The Morgan fingerprint density at radius 2 is 1.92 bits per heavy atom. The molecular weight excluding hydrogens is 334 g/mol. The first-order chi connectivity index (χ1) is 12.0. The van der Waals surface area contributed by atoms with Crippen molar-refractivity contribution in [1.29, 1.82) is 0 Å². The maximum Gasteiger partial charge on any atom is 0.261 e. The summed E-state index contributed by atoms with van der Waals surface area (Å²) in [5, 5.41) is 14.5. The van der Waals surface area contributed by atoms with E-state index in [2.05, 4.69) is 5.32 Å². The lowest BCUT2D eigenvalue weighted by molar-refractivity contribution is 0.0554. The van der Waals surface area contributed by atoms with E-state index >= 15 is 0 Å². The van der Waals surface area contributed by atoms with E-state index in [0.717, 1.165) is 21.4 Å². The number of aliphatic hydroxyl groups is 1. The van der Waals surface area contributed by atoms with Crippen molar-refractivity contribution in [3.05, 3.63) is 65.0 Å². The normalized spacial score (nSPS) is 13.4. The minimum atomic E-state index is -1.03. The maximum atomic E-state index is 12.4. The van der Waals surface area contributed by atoms with Crippen molar-refractivity contribution in [2.75, 3.05) is 13.7 Å². The molecule has 0 fully saturated rings. The van der Waals surface area contributed by atoms with Crippen LogP contribution >= 0.6 is 11.3 Å². The number of hydrogen-bond acceptors (Lipinski definition) is 4. The van der Waals surface area contributed by atoms with Crippen molar-refractivity contribution in [2.24, 2.45) is 0 Å². The van der Waals surface area contributed by atoms with Crippen molar-refractivity contribution in [3.8, 4) is 5.75 Å². The summed E-state index contributed by atoms with van der Waals surface area (Å²) in [5.41, 5.74) is -0.0390. The molecular formula is C20H21NO3S. The highest BCUT2D eigenvalue weighted by atomic mass is 32.1. The van der Waals surface area contributed by atoms with Crippen molar-refractivity contribution >= 4 is 27.3 Å². The summed E-state index contributed by atoms with van der Waals surface area (Å²) < 4.78 is 6.21. The van der Waals surface area contributed by atoms with Crippen LogP contribution in [0.1, 0.15) is 22.2 Å². The molecule has 2 N–H and O–H groups in total. The van der Waals surface area contributed by atoms with Gasteiger partial charge in [0.1, 0.15) is 5.75 Å². The molecule has 1 heterocycles. The standard InChI is InChI=1S/C20H21NO3S/c1-20(23,12-14-7-9-16(24-2)10-8-14)13-21-19(22)18-11-15-5-3-4-6-17(15)25-18/h3-11,23H,12-13H2,1-2H3,(H,21,22)/t20-/m0/s1. The van der Waals surface area contributed by atoms with Gasteiger partial charge < -0.3 is 15.2 Å². The third-order valence-corrected chi connectivity index (χ3v) is 5.14. The molecule has 0 radical (unpaired) electrons. The van der Waals surface area contributed by atoms with Gasteiger partial charge in [-0.2, -0.15) is 0 Å². The number of rotatable bonds is 6. The first-order valence-electron chi connectivity index (χ1n) is 8.09. The zero-order chi connectivity index (χ0) is 17.9. The summed E-state index contributed by atoms with van der Waals surface area (Å²) in [6.07, 6.45) is 0.448. The predicted octanol–water partition coefficient (Wildman–Crippen LogP) is 3.63. The van der Waals surface area contributed by atoms with Gasteiger partial charge >= 0.3 is 0 Å². The second-order valence-electron chi connectivity index (χ2n) is 6.35. The van der Waals surface area contributed by atoms with Crippen LogP contribution in [0.2, 0.25) is 0 Å². The molecule has 0 spiro atoms. The lowest BCUT2D eigenvalue weighted by Gasteiger charge is -2.23. The highest BCUT2D eigenvalue weighted by molar-refractivity contribution is 7.20. The molecule has 5 heteroatoms. The smallest absolute Gasteiger partial charge is 0.261 e. The van der Waals surface area contributed by atoms with Gasteiger partial charge in [-0.15, -0.1) is 11.3 Å². The molecule has 0 saturated carbocycles. The number of carbonyl (C=O) groups excluding carboxylic acids is 1. The van der Waals surface area contributed by atoms with Gasteiger partial charge in [0, 0.05) is 17.7 Å². The molecule has 130 valence electrons. The summed E-state index contributed by atoms with van der Waals surface area (Å²) in [6.45, 7) is 1.91. The van der Waals surface area contributed by atoms with Crippen LogP contribution in [0.15, 0.2) is 54.6 Å². The molecule has 0 aliphatic heterocycles. The average Bonchev–Trinajstić information content (AvgIpc) is 3.04. The number of hydrogen-bond donors (Lipinski definition) is 2. The van der Waals surface area contributed by atoms with E-state index in [4.69, 9.17) is 4.74 Å². The molecule has 0 unspecified atom stereocenters. The molecule has 0 bridgehead atoms. The van der Waals surface area contributed by atoms with Crippen LogP contribution in [0, 0.1) is 0 Å². The lowest BCUT2D eigenvalue weighted by atomic mass is 9.96. The van der Waals surface area contributed by atoms with Crippen LogP contribution in [-0.2, 0) is 6.42 Å². The van der Waals surface area contributed by atoms with Crippen molar-refractivity contribution in [2.45, 2.75) is 18.9 Å². The first-order valence-corrected chi connectivity index (χ1v) is 8.91. The number of fused-ring (bicyclic) bond motifs is 1. The predicted molar refractivity (Wildman–Crippen MR) is 101 cm³/mol. The van der Waals surface area contributed by atoms with Gasteiger partial charge in [0.15, 0.2) is 0 Å². The van der Waals surface area contributed by atoms with Crippen molar-refractivity contribution in [3.63, 3.8) is 0 Å². The Hall–Kier alpha value is -2.37. The highest BCUT2D eigenvalue weighted by Gasteiger charge is 2.22. The number of ether oxygens (including phenoxy) is 1. The van der Waals surface area contributed by atoms with Gasteiger partial charge in [-0.3, -0.25) is 4.79 Å². The summed E-state index contributed by atoms with van der Waals surface area (Å²) in [7, 11) is 1.62. The summed E-state index contributed by atoms with van der Waals surface area (Å²) >= 11 is 1.46. The molecule has 4 nitrogen and oxygen atoms in total. The number of carbonyl (C=O) groups is 1. The van der Waals surface area contributed by atoms with Gasteiger partial charge in [0.05, 0.1) is 17.6 Å². The third kappa shape index (κ3) is 4.38. The molecule has 2 aromatic carbocycles. The van der Waals surface area contributed by atoms with Crippen molar-refractivity contribution < 1.29 is 14.6 Å². The maximum absolute atomic E-state index is 12.4. The molecule has 1 atom stereocenters. The van der Waals surface area contributed by atoms with Gasteiger partial charge in [-0.1, -0.05) is 30.3 Å². The zero-order valence-corrected chi connectivity index (χ0v) is 15.1. The van der Waals surface area contributed by atoms with Gasteiger partial charge in [0.25, 0.3) is 5.91 Å². The topological polar surface area (TPSA) is 58.6 Å². The number of nitrogens with one attached hydrogen (secondary N) is 1. The summed E-state index contributed by atoms with van der Waals surface area (Å²) in [6, 6.07) is 17.3. The molecule has 25 heavy (non-hydrogen) atoms. The van der Waals surface area contributed by atoms with E-state index < -0.39 is 5.60 Å². The molecule has 0 saturated heterocycles. The quantitative estimate of drug-likeness (QED) is 0.710. The number of methoxy groups -OCH3 is 1. The summed E-state index contributed by atoms with van der Waals surface area (Å²) in [5.74, 6) is 0.623. The number of benzene rings is 2. The van der Waals surface area contributed by atoms with E-state index in [1.165, 1.54) is 11.3 Å². The zero-order valence-electron chi connectivity index (χ0n) is 14.3. The Morgan fingerprint density at radius 1 is 1.20 bits per heavy atom. The van der Waals surface area contributed by atoms with Gasteiger partial charge in [-0.25, -0.2) is 0 Å². The van der Waals surface area contributed by atoms with E-state index in [9.17, 15) is 9.90 Å². The second kappa shape index (κ2) is 7.25.